The first kappa shape index (κ1) is 10.6. The second-order valence-corrected chi connectivity index (χ2v) is 3.35. The fourth-order valence-electron chi connectivity index (χ4n) is 1.53. The lowest BCUT2D eigenvalue weighted by molar-refractivity contribution is 0.413. The third-order valence-corrected chi connectivity index (χ3v) is 2.32. The van der Waals surface area contributed by atoms with E-state index in [2.05, 4.69) is 0 Å². The maximum absolute atomic E-state index is 13.0. The topological polar surface area (TPSA) is 9.23 Å². The van der Waals surface area contributed by atoms with E-state index in [4.69, 9.17) is 4.74 Å². The van der Waals surface area contributed by atoms with E-state index in [9.17, 15) is 8.78 Å². The Labute approximate surface area is 92.3 Å². The molecule has 16 heavy (non-hydrogen) atoms. The highest BCUT2D eigenvalue weighted by molar-refractivity contribution is 5.70. The molecule has 0 N–H and O–H groups in total. The van der Waals surface area contributed by atoms with Gasteiger partial charge in [-0.1, -0.05) is 12.1 Å². The van der Waals surface area contributed by atoms with Crippen LogP contribution in [0.3, 0.4) is 0 Å². The van der Waals surface area contributed by atoms with Crippen molar-refractivity contribution in [3.05, 3.63) is 54.1 Å². The van der Waals surface area contributed by atoms with Crippen LogP contribution in [0.5, 0.6) is 5.75 Å². The zero-order chi connectivity index (χ0) is 11.5. The molecule has 0 amide bonds. The number of ether oxygens (including phenoxy) is 1. The molecule has 0 radical (unpaired) electrons. The van der Waals surface area contributed by atoms with E-state index in [1.807, 2.05) is 0 Å². The maximum atomic E-state index is 13.0. The van der Waals surface area contributed by atoms with Crippen molar-refractivity contribution < 1.29 is 13.5 Å². The maximum Gasteiger partial charge on any atom is 0.129 e. The molecular weight excluding hydrogens is 210 g/mol. The normalized spacial score (nSPS) is 10.2. The molecule has 0 saturated heterocycles. The van der Waals surface area contributed by atoms with Crippen molar-refractivity contribution in [2.75, 3.05) is 7.11 Å². The van der Waals surface area contributed by atoms with Gasteiger partial charge in [0.25, 0.3) is 0 Å². The molecule has 2 rings (SSSR count). The summed E-state index contributed by atoms with van der Waals surface area (Å²) in [5, 5.41) is 0. The number of halogens is 2. The lowest BCUT2D eigenvalue weighted by Crippen LogP contribution is -1.89. The first-order valence-corrected chi connectivity index (χ1v) is 4.80. The lowest BCUT2D eigenvalue weighted by Gasteiger charge is -2.08. The molecule has 0 aliphatic rings. The van der Waals surface area contributed by atoms with E-state index in [1.165, 1.54) is 31.4 Å². The van der Waals surface area contributed by atoms with E-state index in [1.54, 1.807) is 18.2 Å². The van der Waals surface area contributed by atoms with Crippen molar-refractivity contribution in [3.63, 3.8) is 0 Å². The van der Waals surface area contributed by atoms with Crippen LogP contribution in [0.15, 0.2) is 42.5 Å². The summed E-state index contributed by atoms with van der Waals surface area (Å²) in [6, 6.07) is 10.2. The van der Waals surface area contributed by atoms with Crippen molar-refractivity contribution in [2.45, 2.75) is 0 Å². The van der Waals surface area contributed by atoms with Gasteiger partial charge in [-0.15, -0.1) is 0 Å². The van der Waals surface area contributed by atoms with Gasteiger partial charge in [0.05, 0.1) is 7.11 Å². The van der Waals surface area contributed by atoms with Gasteiger partial charge in [-0.05, 0) is 29.8 Å². The molecule has 0 bridgehead atoms. The molecule has 82 valence electrons. The lowest BCUT2D eigenvalue weighted by atomic mass is 10.0. The molecular formula is C13H10F2O. The Hall–Kier alpha value is -1.90. The molecule has 0 fully saturated rings. The molecule has 0 saturated carbocycles. The highest BCUT2D eigenvalue weighted by Crippen LogP contribution is 2.30. The molecule has 0 aliphatic heterocycles. The Kier molecular flexibility index (Phi) is 2.86. The van der Waals surface area contributed by atoms with Gasteiger partial charge in [0.15, 0.2) is 0 Å². The molecule has 0 unspecified atom stereocenters. The molecule has 0 aliphatic carbocycles. The summed E-state index contributed by atoms with van der Waals surface area (Å²) in [6.07, 6.45) is 0. The second-order valence-electron chi connectivity index (χ2n) is 3.35. The van der Waals surface area contributed by atoms with Crippen LogP contribution in [0.2, 0.25) is 0 Å². The van der Waals surface area contributed by atoms with Gasteiger partial charge in [-0.2, -0.15) is 0 Å². The van der Waals surface area contributed by atoms with Crippen LogP contribution in [-0.4, -0.2) is 7.11 Å². The van der Waals surface area contributed by atoms with Gasteiger partial charge in [0.2, 0.25) is 0 Å². The first-order chi connectivity index (χ1) is 7.70. The molecule has 0 atom stereocenters. The standard InChI is InChI=1S/C13H10F2O/c1-16-13-8-11(15)6-7-12(13)9-2-4-10(14)5-3-9/h2-8H,1H3. The second kappa shape index (κ2) is 4.31. The van der Waals surface area contributed by atoms with Crippen LogP contribution in [0, 0.1) is 11.6 Å². The molecule has 2 aromatic carbocycles. The average Bonchev–Trinajstić information content (AvgIpc) is 2.30. The third kappa shape index (κ3) is 2.03. The number of hydrogen-bond donors (Lipinski definition) is 0. The molecule has 0 aromatic heterocycles. The number of hydrogen-bond acceptors (Lipinski definition) is 1. The fraction of sp³-hybridized carbons (Fsp3) is 0.0769. The molecule has 3 heteroatoms. The molecule has 2 aromatic rings. The van der Waals surface area contributed by atoms with Crippen LogP contribution < -0.4 is 4.74 Å². The summed E-state index contributed by atoms with van der Waals surface area (Å²) < 4.78 is 30.8. The van der Waals surface area contributed by atoms with E-state index in [0.717, 1.165) is 11.1 Å². The zero-order valence-electron chi connectivity index (χ0n) is 8.71. The number of benzene rings is 2. The van der Waals surface area contributed by atoms with Gasteiger partial charge < -0.3 is 4.74 Å². The summed E-state index contributed by atoms with van der Waals surface area (Å²) in [6.45, 7) is 0. The summed E-state index contributed by atoms with van der Waals surface area (Å²) in [4.78, 5) is 0. The fourth-order valence-corrected chi connectivity index (χ4v) is 1.53. The SMILES string of the molecule is COc1cc(F)ccc1-c1ccc(F)cc1. The zero-order valence-corrected chi connectivity index (χ0v) is 8.71. The van der Waals surface area contributed by atoms with Crippen LogP contribution in [0.25, 0.3) is 11.1 Å². The Bertz CT molecular complexity index is 492. The van der Waals surface area contributed by atoms with Gasteiger partial charge in [0, 0.05) is 11.6 Å². The summed E-state index contributed by atoms with van der Waals surface area (Å²) in [5.41, 5.74) is 1.53. The van der Waals surface area contributed by atoms with Crippen molar-refractivity contribution in [1.82, 2.24) is 0 Å². The van der Waals surface area contributed by atoms with Crippen molar-refractivity contribution in [3.8, 4) is 16.9 Å². The van der Waals surface area contributed by atoms with Gasteiger partial charge >= 0.3 is 0 Å². The van der Waals surface area contributed by atoms with Crippen molar-refractivity contribution in [1.29, 1.82) is 0 Å². The Morgan fingerprint density at radius 2 is 1.50 bits per heavy atom. The first-order valence-electron chi connectivity index (χ1n) is 4.80. The number of rotatable bonds is 2. The van der Waals surface area contributed by atoms with Gasteiger partial charge in [-0.25, -0.2) is 8.78 Å². The Morgan fingerprint density at radius 3 is 2.12 bits per heavy atom. The monoisotopic (exact) mass is 220 g/mol. The smallest absolute Gasteiger partial charge is 0.129 e. The van der Waals surface area contributed by atoms with Gasteiger partial charge in [0.1, 0.15) is 17.4 Å². The largest absolute Gasteiger partial charge is 0.496 e. The highest BCUT2D eigenvalue weighted by atomic mass is 19.1. The van der Waals surface area contributed by atoms with Gasteiger partial charge in [-0.3, -0.25) is 0 Å². The predicted molar refractivity (Wildman–Crippen MR) is 58.3 cm³/mol. The Balaban J connectivity index is 2.51. The van der Waals surface area contributed by atoms with Crippen LogP contribution in [0.4, 0.5) is 8.78 Å². The predicted octanol–water partition coefficient (Wildman–Crippen LogP) is 3.64. The van der Waals surface area contributed by atoms with E-state index in [0.29, 0.717) is 5.75 Å². The van der Waals surface area contributed by atoms with Crippen LogP contribution >= 0.6 is 0 Å². The number of methoxy groups -OCH3 is 1. The minimum absolute atomic E-state index is 0.301. The third-order valence-electron chi connectivity index (χ3n) is 2.32. The molecule has 0 spiro atoms. The molecule has 1 nitrogen and oxygen atoms in total. The summed E-state index contributed by atoms with van der Waals surface area (Å²) in [7, 11) is 1.47. The highest BCUT2D eigenvalue weighted by Gasteiger charge is 2.06. The quantitative estimate of drug-likeness (QED) is 0.750. The minimum Gasteiger partial charge on any atom is -0.496 e. The van der Waals surface area contributed by atoms with E-state index in [-0.39, 0.29) is 11.6 Å². The van der Waals surface area contributed by atoms with Crippen LogP contribution in [0.1, 0.15) is 0 Å². The van der Waals surface area contributed by atoms with E-state index < -0.39 is 0 Å². The van der Waals surface area contributed by atoms with Crippen LogP contribution in [-0.2, 0) is 0 Å². The van der Waals surface area contributed by atoms with E-state index >= 15 is 0 Å². The van der Waals surface area contributed by atoms with Crippen molar-refractivity contribution >= 4 is 0 Å². The summed E-state index contributed by atoms with van der Waals surface area (Å²) in [5.74, 6) is -0.223. The minimum atomic E-state index is -0.359. The Morgan fingerprint density at radius 1 is 0.875 bits per heavy atom. The van der Waals surface area contributed by atoms with Crippen molar-refractivity contribution in [2.24, 2.45) is 0 Å². The molecule has 0 heterocycles. The average molecular weight is 220 g/mol. The summed E-state index contributed by atoms with van der Waals surface area (Å²) >= 11 is 0.